The maximum atomic E-state index is 12.1. The Morgan fingerprint density at radius 2 is 1.90 bits per heavy atom. The largest absolute Gasteiger partial charge is 0.325 e. The predicted molar refractivity (Wildman–Crippen MR) is 84.5 cm³/mol. The normalized spacial score (nSPS) is 22.8. The van der Waals surface area contributed by atoms with E-state index in [4.69, 9.17) is 0 Å². The Morgan fingerprint density at radius 1 is 1.24 bits per heavy atom. The molecule has 114 valence electrons. The van der Waals surface area contributed by atoms with Gasteiger partial charge in [-0.05, 0) is 37.3 Å². The summed E-state index contributed by atoms with van der Waals surface area (Å²) >= 11 is 0. The van der Waals surface area contributed by atoms with Gasteiger partial charge in [-0.15, -0.1) is 0 Å². The van der Waals surface area contributed by atoms with E-state index in [1.807, 2.05) is 6.07 Å². The molecule has 0 bridgehead atoms. The van der Waals surface area contributed by atoms with E-state index in [1.165, 1.54) is 13.3 Å². The molecule has 2 atom stereocenters. The molecule has 0 unspecified atom stereocenters. The van der Waals surface area contributed by atoms with E-state index in [9.17, 15) is 9.59 Å². The number of ketones is 1. The summed E-state index contributed by atoms with van der Waals surface area (Å²) in [6.07, 6.45) is 1.23. The van der Waals surface area contributed by atoms with E-state index < -0.39 is 0 Å². The summed E-state index contributed by atoms with van der Waals surface area (Å²) in [4.78, 5) is 25.7. The summed E-state index contributed by atoms with van der Waals surface area (Å²) in [6.45, 7) is 8.36. The number of amides is 1. The second-order valence-electron chi connectivity index (χ2n) is 6.33. The van der Waals surface area contributed by atoms with Crippen molar-refractivity contribution in [2.45, 2.75) is 27.2 Å². The van der Waals surface area contributed by atoms with Crippen LogP contribution in [0.5, 0.6) is 0 Å². The zero-order valence-corrected chi connectivity index (χ0v) is 13.1. The van der Waals surface area contributed by atoms with Gasteiger partial charge in [0.1, 0.15) is 0 Å². The third kappa shape index (κ3) is 4.67. The van der Waals surface area contributed by atoms with Crippen LogP contribution in [0.25, 0.3) is 0 Å². The topological polar surface area (TPSA) is 49.4 Å². The number of nitrogens with one attached hydrogen (secondary N) is 1. The van der Waals surface area contributed by atoms with Gasteiger partial charge in [0.25, 0.3) is 0 Å². The Morgan fingerprint density at radius 3 is 2.52 bits per heavy atom. The number of rotatable bonds is 4. The minimum Gasteiger partial charge on any atom is -0.325 e. The van der Waals surface area contributed by atoms with Crippen LogP contribution >= 0.6 is 0 Å². The molecule has 1 amide bonds. The fourth-order valence-corrected chi connectivity index (χ4v) is 3.14. The quantitative estimate of drug-likeness (QED) is 0.867. The van der Waals surface area contributed by atoms with Crippen molar-refractivity contribution in [2.75, 3.05) is 25.0 Å². The first-order chi connectivity index (χ1) is 9.94. The Kier molecular flexibility index (Phi) is 5.12. The van der Waals surface area contributed by atoms with Crippen LogP contribution in [0.2, 0.25) is 0 Å². The zero-order valence-electron chi connectivity index (χ0n) is 13.1. The molecule has 21 heavy (non-hydrogen) atoms. The van der Waals surface area contributed by atoms with Crippen LogP contribution < -0.4 is 5.32 Å². The Labute approximate surface area is 126 Å². The second-order valence-corrected chi connectivity index (χ2v) is 6.33. The van der Waals surface area contributed by atoms with Gasteiger partial charge in [-0.3, -0.25) is 14.5 Å². The summed E-state index contributed by atoms with van der Waals surface area (Å²) in [5.74, 6) is 1.27. The first-order valence-corrected chi connectivity index (χ1v) is 7.57. The highest BCUT2D eigenvalue weighted by Gasteiger charge is 2.23. The fourth-order valence-electron chi connectivity index (χ4n) is 3.14. The number of hydrogen-bond donors (Lipinski definition) is 1. The smallest absolute Gasteiger partial charge is 0.238 e. The number of piperidine rings is 1. The predicted octanol–water partition coefficient (Wildman–Crippen LogP) is 2.81. The molecule has 4 nitrogen and oxygen atoms in total. The van der Waals surface area contributed by atoms with Crippen molar-refractivity contribution in [3.05, 3.63) is 29.8 Å². The van der Waals surface area contributed by atoms with Crippen molar-refractivity contribution in [3.8, 4) is 0 Å². The molecule has 1 heterocycles. The van der Waals surface area contributed by atoms with Gasteiger partial charge in [0.2, 0.25) is 5.91 Å². The lowest BCUT2D eigenvalue weighted by Gasteiger charge is -2.34. The molecule has 1 aliphatic heterocycles. The maximum Gasteiger partial charge on any atom is 0.238 e. The number of benzene rings is 1. The lowest BCUT2D eigenvalue weighted by Crippen LogP contribution is -2.42. The molecular weight excluding hydrogens is 264 g/mol. The molecule has 1 fully saturated rings. The first-order valence-electron chi connectivity index (χ1n) is 7.57. The maximum absolute atomic E-state index is 12.1. The van der Waals surface area contributed by atoms with Gasteiger partial charge in [-0.25, -0.2) is 0 Å². The lowest BCUT2D eigenvalue weighted by molar-refractivity contribution is -0.117. The molecule has 1 saturated heterocycles. The van der Waals surface area contributed by atoms with Crippen molar-refractivity contribution in [3.63, 3.8) is 0 Å². The number of carbonyl (C=O) groups excluding carboxylic acids is 2. The number of carbonyl (C=O) groups is 2. The minimum atomic E-state index is -0.0167. The molecule has 0 radical (unpaired) electrons. The van der Waals surface area contributed by atoms with Crippen LogP contribution in [0, 0.1) is 11.8 Å². The van der Waals surface area contributed by atoms with E-state index >= 15 is 0 Å². The molecule has 1 aromatic carbocycles. The molecule has 4 heteroatoms. The van der Waals surface area contributed by atoms with E-state index in [0.29, 0.717) is 29.6 Å². The number of nitrogens with zero attached hydrogens (tertiary/aromatic N) is 1. The number of hydrogen-bond acceptors (Lipinski definition) is 3. The Balaban J connectivity index is 1.92. The Hall–Kier alpha value is -1.68. The monoisotopic (exact) mass is 288 g/mol. The van der Waals surface area contributed by atoms with Crippen LogP contribution in [0.3, 0.4) is 0 Å². The van der Waals surface area contributed by atoms with E-state index in [1.54, 1.807) is 18.2 Å². The molecule has 0 spiro atoms. The van der Waals surface area contributed by atoms with Crippen LogP contribution in [-0.2, 0) is 4.79 Å². The summed E-state index contributed by atoms with van der Waals surface area (Å²) in [5, 5.41) is 2.88. The molecule has 2 rings (SSSR count). The zero-order chi connectivity index (χ0) is 15.4. The highest BCUT2D eigenvalue weighted by molar-refractivity contribution is 5.97. The number of anilines is 1. The SMILES string of the molecule is CC(=O)c1cccc(NC(=O)CN2C[C@H](C)C[C@@H](C)C2)c1. The van der Waals surface area contributed by atoms with Crippen molar-refractivity contribution in [1.82, 2.24) is 4.90 Å². The summed E-state index contributed by atoms with van der Waals surface area (Å²) < 4.78 is 0. The van der Waals surface area contributed by atoms with Gasteiger partial charge < -0.3 is 5.32 Å². The summed E-state index contributed by atoms with van der Waals surface area (Å²) in [5.41, 5.74) is 1.30. The third-order valence-corrected chi connectivity index (χ3v) is 3.86. The van der Waals surface area contributed by atoms with Gasteiger partial charge in [0, 0.05) is 24.3 Å². The molecule has 0 saturated carbocycles. The second kappa shape index (κ2) is 6.85. The van der Waals surface area contributed by atoms with E-state index in [2.05, 4.69) is 24.1 Å². The molecule has 0 aromatic heterocycles. The van der Waals surface area contributed by atoms with Crippen molar-refractivity contribution in [2.24, 2.45) is 11.8 Å². The standard InChI is InChI=1S/C17H24N2O2/c1-12-7-13(2)10-19(9-12)11-17(21)18-16-6-4-5-15(8-16)14(3)20/h4-6,8,12-13H,7,9-11H2,1-3H3,(H,18,21)/t12-,13-/m1/s1. The highest BCUT2D eigenvalue weighted by atomic mass is 16.2. The van der Waals surface area contributed by atoms with Crippen LogP contribution in [0.1, 0.15) is 37.6 Å². The van der Waals surface area contributed by atoms with Crippen LogP contribution in [0.15, 0.2) is 24.3 Å². The Bertz CT molecular complexity index is 517. The van der Waals surface area contributed by atoms with Gasteiger partial charge >= 0.3 is 0 Å². The first kappa shape index (κ1) is 15.7. The van der Waals surface area contributed by atoms with Crippen molar-refractivity contribution >= 4 is 17.4 Å². The van der Waals surface area contributed by atoms with E-state index in [0.717, 1.165) is 13.1 Å². The third-order valence-electron chi connectivity index (χ3n) is 3.86. The highest BCUT2D eigenvalue weighted by Crippen LogP contribution is 2.20. The molecule has 1 aliphatic rings. The van der Waals surface area contributed by atoms with E-state index in [-0.39, 0.29) is 11.7 Å². The molecule has 1 aromatic rings. The summed E-state index contributed by atoms with van der Waals surface area (Å²) in [6, 6.07) is 7.08. The lowest BCUT2D eigenvalue weighted by atomic mass is 9.92. The van der Waals surface area contributed by atoms with Crippen molar-refractivity contribution in [1.29, 1.82) is 0 Å². The van der Waals surface area contributed by atoms with Gasteiger partial charge in [-0.2, -0.15) is 0 Å². The van der Waals surface area contributed by atoms with Crippen molar-refractivity contribution < 1.29 is 9.59 Å². The fraction of sp³-hybridized carbons (Fsp3) is 0.529. The van der Waals surface area contributed by atoms with Gasteiger partial charge in [0.05, 0.1) is 6.54 Å². The molecular formula is C17H24N2O2. The number of likely N-dealkylation sites (tertiary alicyclic amines) is 1. The van der Waals surface area contributed by atoms with Crippen LogP contribution in [0.4, 0.5) is 5.69 Å². The molecule has 1 N–H and O–H groups in total. The average molecular weight is 288 g/mol. The minimum absolute atomic E-state index is 0.00443. The number of Topliss-reactive ketones (excluding diaryl/α,β-unsaturated/α-hetero) is 1. The average Bonchev–Trinajstić information content (AvgIpc) is 2.37. The van der Waals surface area contributed by atoms with Crippen LogP contribution in [-0.4, -0.2) is 36.2 Å². The molecule has 0 aliphatic carbocycles. The van der Waals surface area contributed by atoms with Gasteiger partial charge in [0.15, 0.2) is 5.78 Å². The summed E-state index contributed by atoms with van der Waals surface area (Å²) in [7, 11) is 0. The van der Waals surface area contributed by atoms with Gasteiger partial charge in [-0.1, -0.05) is 26.0 Å².